The van der Waals surface area contributed by atoms with Crippen LogP contribution in [0.25, 0.3) is 0 Å². The lowest BCUT2D eigenvalue weighted by atomic mass is 10.1. The van der Waals surface area contributed by atoms with Crippen LogP contribution < -0.4 is 5.73 Å². The highest BCUT2D eigenvalue weighted by Crippen LogP contribution is 2.25. The van der Waals surface area contributed by atoms with Crippen LogP contribution in [0.15, 0.2) is 17.0 Å². The van der Waals surface area contributed by atoms with Gasteiger partial charge in [-0.25, -0.2) is 8.42 Å². The van der Waals surface area contributed by atoms with E-state index in [1.54, 1.807) is 10.4 Å². The van der Waals surface area contributed by atoms with Gasteiger partial charge in [-0.15, -0.1) is 0 Å². The van der Waals surface area contributed by atoms with Crippen molar-refractivity contribution in [3.05, 3.63) is 28.8 Å². The molecule has 0 atom stereocenters. The molecule has 0 aromatic heterocycles. The zero-order chi connectivity index (χ0) is 14.8. The van der Waals surface area contributed by atoms with Crippen molar-refractivity contribution in [2.45, 2.75) is 51.0 Å². The van der Waals surface area contributed by atoms with Crippen molar-refractivity contribution in [2.24, 2.45) is 5.73 Å². The summed E-state index contributed by atoms with van der Waals surface area (Å²) < 4.78 is 27.3. The Labute approximate surface area is 122 Å². The van der Waals surface area contributed by atoms with Crippen molar-refractivity contribution < 1.29 is 8.42 Å². The summed E-state index contributed by atoms with van der Waals surface area (Å²) in [4.78, 5) is 0.422. The number of nitrogens with zero attached hydrogens (tertiary/aromatic N) is 1. The summed E-state index contributed by atoms with van der Waals surface area (Å²) in [6.07, 6.45) is 4.14. The maximum atomic E-state index is 12.8. The summed E-state index contributed by atoms with van der Waals surface area (Å²) in [6, 6.07) is 3.68. The lowest BCUT2D eigenvalue weighted by Gasteiger charge is -2.22. The Hall–Kier alpha value is -0.910. The quantitative estimate of drug-likeness (QED) is 0.931. The molecule has 1 heterocycles. The second-order valence-corrected chi connectivity index (χ2v) is 7.47. The Kier molecular flexibility index (Phi) is 4.83. The normalized spacial score (nSPS) is 17.9. The van der Waals surface area contributed by atoms with E-state index in [4.69, 9.17) is 5.73 Å². The molecular formula is C15H24N2O2S. The minimum absolute atomic E-state index is 0.370. The van der Waals surface area contributed by atoms with Gasteiger partial charge in [0.1, 0.15) is 0 Å². The van der Waals surface area contributed by atoms with Crippen LogP contribution in [-0.2, 0) is 16.6 Å². The lowest BCUT2D eigenvalue weighted by molar-refractivity contribution is 0.423. The van der Waals surface area contributed by atoms with Gasteiger partial charge in [0.05, 0.1) is 4.90 Å². The zero-order valence-corrected chi connectivity index (χ0v) is 13.2. The van der Waals surface area contributed by atoms with E-state index in [0.717, 1.165) is 42.4 Å². The third kappa shape index (κ3) is 3.05. The average Bonchev–Trinajstić information content (AvgIpc) is 2.67. The van der Waals surface area contributed by atoms with E-state index < -0.39 is 10.0 Å². The van der Waals surface area contributed by atoms with Crippen LogP contribution >= 0.6 is 0 Å². The molecule has 0 unspecified atom stereocenters. The Morgan fingerprint density at radius 3 is 2.20 bits per heavy atom. The van der Waals surface area contributed by atoms with Crippen LogP contribution in [0.1, 0.15) is 42.4 Å². The highest BCUT2D eigenvalue weighted by molar-refractivity contribution is 7.89. The van der Waals surface area contributed by atoms with Crippen molar-refractivity contribution in [1.29, 1.82) is 0 Å². The van der Waals surface area contributed by atoms with E-state index in [2.05, 4.69) is 0 Å². The van der Waals surface area contributed by atoms with Gasteiger partial charge in [0, 0.05) is 19.6 Å². The van der Waals surface area contributed by atoms with Crippen LogP contribution in [0, 0.1) is 13.8 Å². The predicted octanol–water partition coefficient (Wildman–Crippen LogP) is 2.33. The number of aryl methyl sites for hydroxylation is 2. The Morgan fingerprint density at radius 2 is 1.65 bits per heavy atom. The highest BCUT2D eigenvalue weighted by atomic mass is 32.2. The summed E-state index contributed by atoms with van der Waals surface area (Å²) >= 11 is 0. The van der Waals surface area contributed by atoms with Crippen LogP contribution in [0.5, 0.6) is 0 Å². The molecular weight excluding hydrogens is 272 g/mol. The second kappa shape index (κ2) is 6.24. The summed E-state index contributed by atoms with van der Waals surface area (Å²) in [5.41, 5.74) is 8.48. The van der Waals surface area contributed by atoms with Crippen molar-refractivity contribution in [3.8, 4) is 0 Å². The van der Waals surface area contributed by atoms with Crippen LogP contribution in [0.3, 0.4) is 0 Å². The number of hydrogen-bond donors (Lipinski definition) is 1. The molecule has 20 heavy (non-hydrogen) atoms. The Bertz CT molecular complexity index is 574. The number of nitrogens with two attached hydrogens (primary N) is 1. The molecule has 1 aliphatic heterocycles. The molecule has 0 radical (unpaired) electrons. The van der Waals surface area contributed by atoms with Crippen molar-refractivity contribution in [1.82, 2.24) is 4.31 Å². The van der Waals surface area contributed by atoms with Crippen molar-refractivity contribution >= 4 is 10.0 Å². The van der Waals surface area contributed by atoms with Crippen molar-refractivity contribution in [3.63, 3.8) is 0 Å². The number of sulfonamides is 1. The molecule has 1 aromatic rings. The summed E-state index contributed by atoms with van der Waals surface area (Å²) in [5.74, 6) is 0. The molecule has 4 nitrogen and oxygen atoms in total. The van der Waals surface area contributed by atoms with E-state index >= 15 is 0 Å². The van der Waals surface area contributed by atoms with Crippen LogP contribution in [0.4, 0.5) is 0 Å². The summed E-state index contributed by atoms with van der Waals surface area (Å²) in [5, 5.41) is 0. The van der Waals surface area contributed by atoms with E-state index in [9.17, 15) is 8.42 Å². The molecule has 0 spiro atoms. The monoisotopic (exact) mass is 296 g/mol. The molecule has 2 N–H and O–H groups in total. The third-order valence-electron chi connectivity index (χ3n) is 4.04. The Morgan fingerprint density at radius 1 is 1.05 bits per heavy atom. The van der Waals surface area contributed by atoms with Gasteiger partial charge < -0.3 is 5.73 Å². The first-order valence-electron chi connectivity index (χ1n) is 7.27. The largest absolute Gasteiger partial charge is 0.326 e. The summed E-state index contributed by atoms with van der Waals surface area (Å²) in [7, 11) is -3.39. The molecule has 0 aliphatic carbocycles. The highest BCUT2D eigenvalue weighted by Gasteiger charge is 2.27. The molecule has 112 valence electrons. The standard InChI is InChI=1S/C15H24N2O2S/c1-12-9-13(2)15(10-14(12)11-16)20(18,19)17-7-5-3-4-6-8-17/h9-10H,3-8,11,16H2,1-2H3. The van der Waals surface area contributed by atoms with Gasteiger partial charge in [-0.05, 0) is 49.4 Å². The molecule has 2 rings (SSSR count). The lowest BCUT2D eigenvalue weighted by Crippen LogP contribution is -2.32. The first-order chi connectivity index (χ1) is 9.46. The van der Waals surface area contributed by atoms with Gasteiger partial charge in [0.15, 0.2) is 0 Å². The molecule has 1 aromatic carbocycles. The number of rotatable bonds is 3. The topological polar surface area (TPSA) is 63.4 Å². The Balaban J connectivity index is 2.42. The fourth-order valence-corrected chi connectivity index (χ4v) is 4.57. The molecule has 5 heteroatoms. The number of benzene rings is 1. The maximum absolute atomic E-state index is 12.8. The smallest absolute Gasteiger partial charge is 0.243 e. The van der Waals surface area contributed by atoms with Crippen LogP contribution in [-0.4, -0.2) is 25.8 Å². The number of hydrogen-bond acceptors (Lipinski definition) is 3. The van der Waals surface area contributed by atoms with Gasteiger partial charge in [0.25, 0.3) is 0 Å². The molecule has 0 amide bonds. The van der Waals surface area contributed by atoms with Gasteiger partial charge in [-0.1, -0.05) is 18.9 Å². The molecule has 0 bridgehead atoms. The third-order valence-corrected chi connectivity index (χ3v) is 6.08. The molecule has 1 saturated heterocycles. The molecule has 1 fully saturated rings. The molecule has 0 saturated carbocycles. The molecule has 1 aliphatic rings. The fourth-order valence-electron chi connectivity index (χ4n) is 2.79. The van der Waals surface area contributed by atoms with E-state index in [0.29, 0.717) is 24.5 Å². The minimum Gasteiger partial charge on any atom is -0.326 e. The van der Waals surface area contributed by atoms with E-state index in [-0.39, 0.29) is 0 Å². The average molecular weight is 296 g/mol. The van der Waals surface area contributed by atoms with Crippen LogP contribution in [0.2, 0.25) is 0 Å². The second-order valence-electron chi connectivity index (χ2n) is 5.57. The van der Waals surface area contributed by atoms with Gasteiger partial charge in [-0.3, -0.25) is 0 Å². The first kappa shape index (κ1) is 15.5. The zero-order valence-electron chi connectivity index (χ0n) is 12.4. The fraction of sp³-hybridized carbons (Fsp3) is 0.600. The minimum atomic E-state index is -3.39. The van der Waals surface area contributed by atoms with Gasteiger partial charge >= 0.3 is 0 Å². The van der Waals surface area contributed by atoms with Gasteiger partial charge in [0.2, 0.25) is 10.0 Å². The first-order valence-corrected chi connectivity index (χ1v) is 8.71. The summed E-state index contributed by atoms with van der Waals surface area (Å²) in [6.45, 7) is 5.46. The predicted molar refractivity (Wildman–Crippen MR) is 81.0 cm³/mol. The van der Waals surface area contributed by atoms with E-state index in [1.165, 1.54) is 0 Å². The van der Waals surface area contributed by atoms with E-state index in [1.807, 2.05) is 19.9 Å². The maximum Gasteiger partial charge on any atom is 0.243 e. The van der Waals surface area contributed by atoms with Gasteiger partial charge in [-0.2, -0.15) is 4.31 Å². The SMILES string of the molecule is Cc1cc(C)c(S(=O)(=O)N2CCCCCC2)cc1CN. The van der Waals surface area contributed by atoms with Crippen molar-refractivity contribution in [2.75, 3.05) is 13.1 Å².